The van der Waals surface area contributed by atoms with Gasteiger partial charge in [-0.3, -0.25) is 0 Å². The van der Waals surface area contributed by atoms with Gasteiger partial charge in [-0.1, -0.05) is 23.2 Å². The van der Waals surface area contributed by atoms with Crippen molar-refractivity contribution >= 4 is 56.9 Å². The Balaban J connectivity index is 1.79. The van der Waals surface area contributed by atoms with Crippen LogP contribution in [0.5, 0.6) is 0 Å². The number of halogens is 2. The molecule has 8 heteroatoms. The molecule has 2 aromatic heterocycles. The summed E-state index contributed by atoms with van der Waals surface area (Å²) >= 11 is 12.9. The third-order valence-electron chi connectivity index (χ3n) is 4.68. The molecule has 0 saturated carbocycles. The van der Waals surface area contributed by atoms with E-state index < -0.39 is 11.9 Å². The van der Waals surface area contributed by atoms with Crippen LogP contribution in [0.15, 0.2) is 36.4 Å². The van der Waals surface area contributed by atoms with Crippen molar-refractivity contribution in [3.05, 3.63) is 57.8 Å². The summed E-state index contributed by atoms with van der Waals surface area (Å²) in [6.45, 7) is 4.08. The highest BCUT2D eigenvalue weighted by atomic mass is 35.5. The van der Waals surface area contributed by atoms with Gasteiger partial charge in [-0.2, -0.15) is 0 Å². The third-order valence-corrected chi connectivity index (χ3v) is 5.28. The lowest BCUT2D eigenvalue weighted by atomic mass is 10.0. The summed E-state index contributed by atoms with van der Waals surface area (Å²) in [5.74, 6) is -0.871. The monoisotopic (exact) mass is 444 g/mol. The van der Waals surface area contributed by atoms with Gasteiger partial charge in [0, 0.05) is 10.8 Å². The Morgan fingerprint density at radius 1 is 0.733 bits per heavy atom. The number of hydrogen-bond donors (Lipinski definition) is 2. The number of ether oxygens (including phenoxy) is 2. The molecule has 0 amide bonds. The highest BCUT2D eigenvalue weighted by molar-refractivity contribution is 6.36. The van der Waals surface area contributed by atoms with Crippen LogP contribution in [0.4, 0.5) is 0 Å². The van der Waals surface area contributed by atoms with Crippen LogP contribution >= 0.6 is 23.2 Å². The van der Waals surface area contributed by atoms with Gasteiger partial charge < -0.3 is 19.4 Å². The highest BCUT2D eigenvalue weighted by Gasteiger charge is 2.16. The molecule has 0 unspecified atom stereocenters. The lowest BCUT2D eigenvalue weighted by Gasteiger charge is -2.06. The number of aromatic amines is 2. The molecule has 4 rings (SSSR count). The summed E-state index contributed by atoms with van der Waals surface area (Å²) in [5, 5.41) is 2.49. The van der Waals surface area contributed by atoms with Gasteiger partial charge in [-0.15, -0.1) is 0 Å². The van der Waals surface area contributed by atoms with E-state index in [1.165, 1.54) is 0 Å². The van der Waals surface area contributed by atoms with E-state index in [4.69, 9.17) is 32.7 Å². The molecule has 0 atom stereocenters. The Bertz CT molecular complexity index is 1190. The molecule has 0 aliphatic rings. The number of nitrogens with one attached hydrogen (secondary N) is 2. The van der Waals surface area contributed by atoms with Crippen LogP contribution in [0.3, 0.4) is 0 Å². The molecule has 0 aliphatic carbocycles. The van der Waals surface area contributed by atoms with Gasteiger partial charge in [0.2, 0.25) is 0 Å². The summed E-state index contributed by atoms with van der Waals surface area (Å²) in [6.07, 6.45) is 0. The van der Waals surface area contributed by atoms with Crippen molar-refractivity contribution in [2.24, 2.45) is 0 Å². The largest absolute Gasteiger partial charge is 0.461 e. The van der Waals surface area contributed by atoms with Gasteiger partial charge in [0.25, 0.3) is 0 Å². The number of H-pyrrole nitrogens is 2. The number of rotatable bonds is 5. The zero-order valence-electron chi connectivity index (χ0n) is 16.3. The molecule has 0 aliphatic heterocycles. The molecule has 4 aromatic rings. The van der Waals surface area contributed by atoms with Crippen molar-refractivity contribution < 1.29 is 19.1 Å². The number of esters is 2. The fourth-order valence-corrected chi connectivity index (χ4v) is 3.92. The van der Waals surface area contributed by atoms with Crippen molar-refractivity contribution in [1.82, 2.24) is 9.97 Å². The van der Waals surface area contributed by atoms with Gasteiger partial charge in [-0.05, 0) is 61.4 Å². The molecule has 30 heavy (non-hydrogen) atoms. The van der Waals surface area contributed by atoms with Crippen molar-refractivity contribution in [3.8, 4) is 11.1 Å². The molecule has 0 saturated heterocycles. The second-order valence-corrected chi connectivity index (χ2v) is 7.47. The number of benzene rings is 2. The Morgan fingerprint density at radius 3 is 1.50 bits per heavy atom. The minimum atomic E-state index is -0.436. The van der Waals surface area contributed by atoms with E-state index in [-0.39, 0.29) is 13.2 Å². The molecule has 2 aromatic carbocycles. The van der Waals surface area contributed by atoms with E-state index >= 15 is 0 Å². The van der Waals surface area contributed by atoms with E-state index in [1.807, 2.05) is 12.1 Å². The fourth-order valence-electron chi connectivity index (χ4n) is 3.37. The molecular weight excluding hydrogens is 427 g/mol. The highest BCUT2D eigenvalue weighted by Crippen LogP contribution is 2.35. The van der Waals surface area contributed by atoms with E-state index in [9.17, 15) is 9.59 Å². The van der Waals surface area contributed by atoms with E-state index in [1.54, 1.807) is 38.1 Å². The second kappa shape index (κ2) is 8.05. The van der Waals surface area contributed by atoms with Crippen LogP contribution in [0.2, 0.25) is 10.0 Å². The lowest BCUT2D eigenvalue weighted by Crippen LogP contribution is -2.04. The quantitative estimate of drug-likeness (QED) is 0.371. The van der Waals surface area contributed by atoms with Crippen molar-refractivity contribution in [2.75, 3.05) is 13.2 Å². The first-order chi connectivity index (χ1) is 14.4. The van der Waals surface area contributed by atoms with E-state index in [0.717, 1.165) is 21.9 Å². The molecule has 0 bridgehead atoms. The Labute approximate surface area is 182 Å². The van der Waals surface area contributed by atoms with Crippen LogP contribution in [0, 0.1) is 0 Å². The van der Waals surface area contributed by atoms with Gasteiger partial charge in [0.05, 0.1) is 34.3 Å². The first-order valence-electron chi connectivity index (χ1n) is 9.40. The number of aromatic nitrogens is 2. The zero-order chi connectivity index (χ0) is 21.4. The first kappa shape index (κ1) is 20.3. The topological polar surface area (TPSA) is 84.2 Å². The number of carbonyl (C=O) groups excluding carboxylic acids is 2. The molecule has 0 fully saturated rings. The van der Waals surface area contributed by atoms with Crippen molar-refractivity contribution in [1.29, 1.82) is 0 Å². The number of fused-ring (bicyclic) bond motifs is 2. The smallest absolute Gasteiger partial charge is 0.354 e. The van der Waals surface area contributed by atoms with Gasteiger partial charge in [-0.25, -0.2) is 9.59 Å². The molecular formula is C22H18Cl2N2O4. The minimum Gasteiger partial charge on any atom is -0.461 e. The molecule has 154 valence electrons. The maximum atomic E-state index is 12.0. The van der Waals surface area contributed by atoms with E-state index in [0.29, 0.717) is 32.5 Å². The van der Waals surface area contributed by atoms with Crippen LogP contribution in [-0.4, -0.2) is 35.1 Å². The standard InChI is InChI=1S/C22H18Cl2N2O4/c1-3-29-21(27)17-9-13-5-11(7-15(23)19(13)25-17)12-6-14-10-18(22(28)30-4-2)26-20(14)16(24)8-12/h5-10,25-26H,3-4H2,1-2H3. The van der Waals surface area contributed by atoms with Gasteiger partial charge in [0.15, 0.2) is 0 Å². The summed E-state index contributed by atoms with van der Waals surface area (Å²) in [5.41, 5.74) is 3.63. The van der Waals surface area contributed by atoms with Gasteiger partial charge >= 0.3 is 11.9 Å². The predicted octanol–water partition coefficient (Wildman–Crippen LogP) is 5.98. The van der Waals surface area contributed by atoms with Crippen LogP contribution in [-0.2, 0) is 9.47 Å². The summed E-state index contributed by atoms with van der Waals surface area (Å²) in [7, 11) is 0. The molecule has 0 spiro atoms. The second-order valence-electron chi connectivity index (χ2n) is 6.65. The first-order valence-corrected chi connectivity index (χ1v) is 10.2. The third kappa shape index (κ3) is 3.64. The molecule has 6 nitrogen and oxygen atoms in total. The number of hydrogen-bond acceptors (Lipinski definition) is 4. The SMILES string of the molecule is CCOC(=O)c1cc2cc(-c3cc(Cl)c4[nH]c(C(=O)OCC)cc4c3)cc(Cl)c2[nH]1. The summed E-state index contributed by atoms with van der Waals surface area (Å²) in [6, 6.07) is 10.8. The average molecular weight is 445 g/mol. The summed E-state index contributed by atoms with van der Waals surface area (Å²) < 4.78 is 10.1. The Morgan fingerprint density at radius 2 is 1.13 bits per heavy atom. The zero-order valence-corrected chi connectivity index (χ0v) is 17.8. The Hall–Kier alpha value is -2.96. The Kier molecular flexibility index (Phi) is 5.45. The normalized spacial score (nSPS) is 11.2. The lowest BCUT2D eigenvalue weighted by molar-refractivity contribution is 0.0511. The summed E-state index contributed by atoms with van der Waals surface area (Å²) in [4.78, 5) is 30.1. The average Bonchev–Trinajstić information content (AvgIpc) is 3.33. The maximum Gasteiger partial charge on any atom is 0.354 e. The van der Waals surface area contributed by atoms with Crippen LogP contribution in [0.1, 0.15) is 34.8 Å². The maximum absolute atomic E-state index is 12.0. The minimum absolute atomic E-state index is 0.288. The fraction of sp³-hybridized carbons (Fsp3) is 0.182. The number of carbonyl (C=O) groups is 2. The van der Waals surface area contributed by atoms with Crippen LogP contribution < -0.4 is 0 Å². The van der Waals surface area contributed by atoms with Crippen molar-refractivity contribution in [2.45, 2.75) is 13.8 Å². The molecule has 2 heterocycles. The predicted molar refractivity (Wildman–Crippen MR) is 118 cm³/mol. The molecule has 0 radical (unpaired) electrons. The van der Waals surface area contributed by atoms with E-state index in [2.05, 4.69) is 9.97 Å². The van der Waals surface area contributed by atoms with Crippen LogP contribution in [0.25, 0.3) is 32.9 Å². The molecule has 2 N–H and O–H groups in total. The van der Waals surface area contributed by atoms with Crippen molar-refractivity contribution in [3.63, 3.8) is 0 Å². The van der Waals surface area contributed by atoms with Gasteiger partial charge in [0.1, 0.15) is 11.4 Å².